The number of ether oxygens (including phenoxy) is 2. The molecule has 3 aromatic rings. The molecule has 0 bridgehead atoms. The van der Waals surface area contributed by atoms with Crippen LogP contribution >= 0.6 is 0 Å². The molecule has 1 fully saturated rings. The van der Waals surface area contributed by atoms with Crippen molar-refractivity contribution in [1.82, 2.24) is 9.47 Å². The second kappa shape index (κ2) is 15.1. The van der Waals surface area contributed by atoms with Crippen LogP contribution in [0.4, 0.5) is 5.69 Å². The van der Waals surface area contributed by atoms with Gasteiger partial charge in [0.15, 0.2) is 11.5 Å². The largest absolute Gasteiger partial charge is 0.502 e. The number of rotatable bonds is 14. The molecule has 0 spiro atoms. The quantitative estimate of drug-likeness (QED) is 0.181. The summed E-state index contributed by atoms with van der Waals surface area (Å²) in [5.74, 6) is 0.792. The van der Waals surface area contributed by atoms with Gasteiger partial charge in [-0.3, -0.25) is 4.79 Å². The van der Waals surface area contributed by atoms with E-state index >= 15 is 0 Å². The van der Waals surface area contributed by atoms with Crippen molar-refractivity contribution in [3.8, 4) is 22.9 Å². The molecule has 1 amide bonds. The highest BCUT2D eigenvalue weighted by molar-refractivity contribution is 5.92. The van der Waals surface area contributed by atoms with Crippen LogP contribution in [0.25, 0.3) is 11.8 Å². The molecule has 0 atom stereocenters. The van der Waals surface area contributed by atoms with E-state index in [1.807, 2.05) is 29.4 Å². The molecule has 1 aliphatic rings. The van der Waals surface area contributed by atoms with Crippen molar-refractivity contribution in [2.45, 2.75) is 52.4 Å². The molecule has 2 heterocycles. The van der Waals surface area contributed by atoms with Crippen molar-refractivity contribution in [1.29, 1.82) is 0 Å². The Morgan fingerprint density at radius 3 is 1.93 bits per heavy atom. The summed E-state index contributed by atoms with van der Waals surface area (Å²) in [7, 11) is 0. The highest BCUT2D eigenvalue weighted by Crippen LogP contribution is 2.38. The number of aromatic hydroxyl groups is 1. The Morgan fingerprint density at radius 1 is 0.825 bits per heavy atom. The van der Waals surface area contributed by atoms with Gasteiger partial charge in [-0.05, 0) is 73.0 Å². The molecule has 1 aliphatic heterocycles. The zero-order valence-corrected chi connectivity index (χ0v) is 23.9. The number of carbonyl (C=O) groups is 1. The van der Waals surface area contributed by atoms with E-state index < -0.39 is 0 Å². The summed E-state index contributed by atoms with van der Waals surface area (Å²) < 4.78 is 13.9. The van der Waals surface area contributed by atoms with E-state index in [9.17, 15) is 9.90 Å². The van der Waals surface area contributed by atoms with Crippen LogP contribution in [0, 0.1) is 0 Å². The summed E-state index contributed by atoms with van der Waals surface area (Å²) in [6.07, 6.45) is 13.6. The Bertz CT molecular complexity index is 1180. The molecule has 40 heavy (non-hydrogen) atoms. The van der Waals surface area contributed by atoms with E-state index in [1.54, 1.807) is 24.3 Å². The first-order chi connectivity index (χ1) is 19.6. The molecule has 4 rings (SSSR count). The third-order valence-corrected chi connectivity index (χ3v) is 7.20. The van der Waals surface area contributed by atoms with Gasteiger partial charge in [-0.15, -0.1) is 0 Å². The van der Waals surface area contributed by atoms with Gasteiger partial charge in [-0.25, -0.2) is 0 Å². The van der Waals surface area contributed by atoms with Crippen molar-refractivity contribution in [3.63, 3.8) is 0 Å². The second-order valence-corrected chi connectivity index (χ2v) is 10.2. The van der Waals surface area contributed by atoms with Gasteiger partial charge in [0, 0.05) is 56.0 Å². The smallest absolute Gasteiger partial charge is 0.246 e. The van der Waals surface area contributed by atoms with Crippen molar-refractivity contribution in [3.05, 3.63) is 72.6 Å². The normalized spacial score (nSPS) is 13.7. The van der Waals surface area contributed by atoms with Crippen molar-refractivity contribution < 1.29 is 19.4 Å². The summed E-state index contributed by atoms with van der Waals surface area (Å²) in [6, 6.07) is 16.1. The SMILES string of the molecule is CCCCCOc1cc(C=CC(=O)N2CCN(c3ccc(-n4cccc4)cc3)CC2)cc(OCCCCC)c1O. The minimum atomic E-state index is -0.0218. The molecular formula is C33H43N3O4. The Morgan fingerprint density at radius 2 is 1.38 bits per heavy atom. The minimum absolute atomic E-state index is 0.0218. The van der Waals surface area contributed by atoms with Gasteiger partial charge < -0.3 is 28.9 Å². The van der Waals surface area contributed by atoms with Crippen LogP contribution in [0.3, 0.4) is 0 Å². The van der Waals surface area contributed by atoms with E-state index in [4.69, 9.17) is 9.47 Å². The number of hydrogen-bond acceptors (Lipinski definition) is 5. The number of unbranched alkanes of at least 4 members (excludes halogenated alkanes) is 4. The molecule has 1 saturated heterocycles. The third-order valence-electron chi connectivity index (χ3n) is 7.20. The minimum Gasteiger partial charge on any atom is -0.502 e. The fraction of sp³-hybridized carbons (Fsp3) is 0.424. The maximum Gasteiger partial charge on any atom is 0.246 e. The van der Waals surface area contributed by atoms with E-state index in [0.29, 0.717) is 37.8 Å². The van der Waals surface area contributed by atoms with E-state index in [-0.39, 0.29) is 11.7 Å². The van der Waals surface area contributed by atoms with Crippen LogP contribution in [0.1, 0.15) is 57.9 Å². The Balaban J connectivity index is 1.35. The number of nitrogens with zero attached hydrogens (tertiary/aromatic N) is 3. The van der Waals surface area contributed by atoms with Gasteiger partial charge in [0.25, 0.3) is 0 Å². The number of piperazine rings is 1. The molecule has 7 heteroatoms. The van der Waals surface area contributed by atoms with Crippen molar-refractivity contribution >= 4 is 17.7 Å². The molecule has 1 N–H and O–H groups in total. The zero-order chi connectivity index (χ0) is 28.2. The lowest BCUT2D eigenvalue weighted by Gasteiger charge is -2.35. The number of aromatic nitrogens is 1. The third kappa shape index (κ3) is 8.07. The number of phenolic OH excluding ortho intramolecular Hbond substituents is 1. The fourth-order valence-electron chi connectivity index (χ4n) is 4.79. The topological polar surface area (TPSA) is 67.2 Å². The predicted octanol–water partition coefficient (Wildman–Crippen LogP) is 6.68. The lowest BCUT2D eigenvalue weighted by molar-refractivity contribution is -0.126. The van der Waals surface area contributed by atoms with Gasteiger partial charge in [0.2, 0.25) is 11.7 Å². The summed E-state index contributed by atoms with van der Waals surface area (Å²) >= 11 is 0. The molecule has 0 radical (unpaired) electrons. The number of benzene rings is 2. The van der Waals surface area contributed by atoms with Gasteiger partial charge in [0.05, 0.1) is 13.2 Å². The second-order valence-electron chi connectivity index (χ2n) is 10.2. The Kier molecular flexibility index (Phi) is 11.0. The maximum atomic E-state index is 13.0. The van der Waals surface area contributed by atoms with Crippen LogP contribution < -0.4 is 14.4 Å². The molecule has 2 aromatic carbocycles. The molecule has 0 saturated carbocycles. The van der Waals surface area contributed by atoms with Gasteiger partial charge in [-0.1, -0.05) is 39.5 Å². The molecule has 1 aromatic heterocycles. The highest BCUT2D eigenvalue weighted by atomic mass is 16.5. The van der Waals surface area contributed by atoms with Gasteiger partial charge in [-0.2, -0.15) is 0 Å². The van der Waals surface area contributed by atoms with Crippen LogP contribution in [-0.4, -0.2) is 59.9 Å². The first kappa shape index (κ1) is 29.1. The van der Waals surface area contributed by atoms with E-state index in [2.05, 4.69) is 47.6 Å². The van der Waals surface area contributed by atoms with E-state index in [0.717, 1.165) is 62.9 Å². The van der Waals surface area contributed by atoms with E-state index in [1.165, 1.54) is 5.69 Å². The lowest BCUT2D eigenvalue weighted by Crippen LogP contribution is -2.48. The van der Waals surface area contributed by atoms with Crippen LogP contribution in [0.15, 0.2) is 67.0 Å². The van der Waals surface area contributed by atoms with Gasteiger partial charge >= 0.3 is 0 Å². The average Bonchev–Trinajstić information content (AvgIpc) is 3.53. The zero-order valence-electron chi connectivity index (χ0n) is 23.9. The summed E-state index contributed by atoms with van der Waals surface area (Å²) in [5, 5.41) is 10.7. The van der Waals surface area contributed by atoms with Crippen LogP contribution in [-0.2, 0) is 4.79 Å². The van der Waals surface area contributed by atoms with Crippen molar-refractivity contribution in [2.75, 3.05) is 44.3 Å². The summed E-state index contributed by atoms with van der Waals surface area (Å²) in [4.78, 5) is 17.2. The highest BCUT2D eigenvalue weighted by Gasteiger charge is 2.20. The summed E-state index contributed by atoms with van der Waals surface area (Å²) in [5.41, 5.74) is 3.06. The Labute approximate surface area is 238 Å². The molecule has 214 valence electrons. The average molecular weight is 546 g/mol. The monoisotopic (exact) mass is 545 g/mol. The number of anilines is 1. The molecule has 0 aliphatic carbocycles. The van der Waals surface area contributed by atoms with Crippen molar-refractivity contribution in [2.24, 2.45) is 0 Å². The van der Waals surface area contributed by atoms with Gasteiger partial charge in [0.1, 0.15) is 0 Å². The first-order valence-corrected chi connectivity index (χ1v) is 14.7. The number of hydrogen-bond donors (Lipinski definition) is 1. The Hall–Kier alpha value is -3.87. The molecular weight excluding hydrogens is 502 g/mol. The lowest BCUT2D eigenvalue weighted by atomic mass is 10.1. The van der Waals surface area contributed by atoms with Crippen LogP contribution in [0.5, 0.6) is 17.2 Å². The predicted molar refractivity (Wildman–Crippen MR) is 162 cm³/mol. The summed E-state index contributed by atoms with van der Waals surface area (Å²) in [6.45, 7) is 8.24. The standard InChI is InChI=1S/C33H43N3O4/c1-3-5-9-23-39-30-25-27(26-31(33(30)38)40-24-10-6-4-2)11-16-32(37)36-21-19-35(20-22-36)29-14-12-28(13-15-29)34-17-7-8-18-34/h7-8,11-18,25-26,38H,3-6,9-10,19-24H2,1-2H3. The first-order valence-electron chi connectivity index (χ1n) is 14.7. The number of amides is 1. The number of carbonyl (C=O) groups excluding carboxylic acids is 1. The number of phenols is 1. The fourth-order valence-corrected chi connectivity index (χ4v) is 4.79. The van der Waals surface area contributed by atoms with Crippen LogP contribution in [0.2, 0.25) is 0 Å². The maximum absolute atomic E-state index is 13.0. The molecule has 0 unspecified atom stereocenters. The molecule has 7 nitrogen and oxygen atoms in total.